The molecule has 3 atom stereocenters. The van der Waals surface area contributed by atoms with E-state index in [4.69, 9.17) is 5.73 Å². The van der Waals surface area contributed by atoms with Gasteiger partial charge in [0.05, 0.1) is 5.92 Å². The maximum atomic E-state index is 13.0. The summed E-state index contributed by atoms with van der Waals surface area (Å²) in [7, 11) is 0. The number of carbonyl (C=O) groups excluding carboxylic acids is 2. The fraction of sp³-hybridized carbons (Fsp3) is 0.455. The minimum absolute atomic E-state index is 0.0276. The van der Waals surface area contributed by atoms with E-state index in [1.807, 2.05) is 17.0 Å². The highest BCUT2D eigenvalue weighted by Crippen LogP contribution is 2.49. The fourth-order valence-electron chi connectivity index (χ4n) is 4.24. The van der Waals surface area contributed by atoms with Crippen molar-refractivity contribution < 1.29 is 9.59 Å². The van der Waals surface area contributed by atoms with E-state index in [1.165, 1.54) is 16.3 Å². The number of piperidine rings is 1. The second-order valence-electron chi connectivity index (χ2n) is 7.76. The quantitative estimate of drug-likeness (QED) is 0.853. The molecule has 142 valence electrons. The molecule has 5 heteroatoms. The molecule has 3 unspecified atom stereocenters. The molecule has 5 nitrogen and oxygen atoms in total. The Morgan fingerprint density at radius 3 is 2.78 bits per heavy atom. The lowest BCUT2D eigenvalue weighted by molar-refractivity contribution is -0.136. The molecular weight excluding hydrogens is 338 g/mol. The van der Waals surface area contributed by atoms with Crippen molar-refractivity contribution >= 4 is 22.6 Å². The molecule has 1 saturated heterocycles. The lowest BCUT2D eigenvalue weighted by Gasteiger charge is -2.32. The number of fused-ring (bicyclic) bond motifs is 1. The number of nitrogens with one attached hydrogen (secondary N) is 1. The molecular formula is C22H27N3O2. The second kappa shape index (κ2) is 7.69. The van der Waals surface area contributed by atoms with Crippen molar-refractivity contribution in [2.24, 2.45) is 17.6 Å². The van der Waals surface area contributed by atoms with Crippen LogP contribution in [0, 0.1) is 11.8 Å². The van der Waals surface area contributed by atoms with Gasteiger partial charge < -0.3 is 16.0 Å². The summed E-state index contributed by atoms with van der Waals surface area (Å²) in [5, 5.41) is 5.31. The summed E-state index contributed by atoms with van der Waals surface area (Å²) in [6.07, 6.45) is 2.65. The molecule has 1 heterocycles. The Morgan fingerprint density at radius 2 is 1.96 bits per heavy atom. The number of carbonyl (C=O) groups is 2. The Balaban J connectivity index is 1.39. The van der Waals surface area contributed by atoms with E-state index in [0.717, 1.165) is 25.8 Å². The molecule has 3 N–H and O–H groups in total. The van der Waals surface area contributed by atoms with Crippen molar-refractivity contribution in [3.8, 4) is 0 Å². The number of nitrogens with two attached hydrogens (primary N) is 1. The highest BCUT2D eigenvalue weighted by atomic mass is 16.2. The van der Waals surface area contributed by atoms with E-state index < -0.39 is 0 Å². The van der Waals surface area contributed by atoms with Crippen LogP contribution in [0.3, 0.4) is 0 Å². The summed E-state index contributed by atoms with van der Waals surface area (Å²) in [4.78, 5) is 27.1. The van der Waals surface area contributed by atoms with Gasteiger partial charge in [-0.2, -0.15) is 0 Å². The largest absolute Gasteiger partial charge is 0.355 e. The van der Waals surface area contributed by atoms with Crippen LogP contribution < -0.4 is 11.1 Å². The van der Waals surface area contributed by atoms with Gasteiger partial charge in [-0.3, -0.25) is 9.59 Å². The zero-order chi connectivity index (χ0) is 18.8. The first kappa shape index (κ1) is 18.0. The third kappa shape index (κ3) is 3.83. The number of amides is 2. The number of hydrogen-bond acceptors (Lipinski definition) is 3. The molecule has 2 aliphatic rings. The Labute approximate surface area is 159 Å². The van der Waals surface area contributed by atoms with Gasteiger partial charge in [0.1, 0.15) is 0 Å². The van der Waals surface area contributed by atoms with Crippen molar-refractivity contribution in [1.82, 2.24) is 10.2 Å². The molecule has 2 aromatic carbocycles. The van der Waals surface area contributed by atoms with Crippen LogP contribution in [-0.2, 0) is 9.59 Å². The van der Waals surface area contributed by atoms with Gasteiger partial charge in [0.15, 0.2) is 0 Å². The van der Waals surface area contributed by atoms with Crippen LogP contribution in [0.15, 0.2) is 42.5 Å². The van der Waals surface area contributed by atoms with E-state index in [2.05, 4.69) is 35.6 Å². The van der Waals surface area contributed by atoms with Crippen molar-refractivity contribution in [2.75, 3.05) is 26.2 Å². The lowest BCUT2D eigenvalue weighted by atomic mass is 9.96. The molecule has 0 aromatic heterocycles. The van der Waals surface area contributed by atoms with Gasteiger partial charge >= 0.3 is 0 Å². The summed E-state index contributed by atoms with van der Waals surface area (Å²) < 4.78 is 0. The normalized spacial score (nSPS) is 24.6. The van der Waals surface area contributed by atoms with Gasteiger partial charge in [0.25, 0.3) is 0 Å². The van der Waals surface area contributed by atoms with Crippen LogP contribution in [-0.4, -0.2) is 42.9 Å². The molecule has 2 fully saturated rings. The Bertz CT molecular complexity index is 850. The summed E-state index contributed by atoms with van der Waals surface area (Å²) in [6, 6.07) is 14.8. The summed E-state index contributed by atoms with van der Waals surface area (Å²) in [5.74, 6) is 0.516. The van der Waals surface area contributed by atoms with Crippen LogP contribution in [0.25, 0.3) is 10.8 Å². The van der Waals surface area contributed by atoms with E-state index in [-0.39, 0.29) is 23.7 Å². The highest BCUT2D eigenvalue weighted by molar-refractivity contribution is 5.86. The van der Waals surface area contributed by atoms with Crippen LogP contribution >= 0.6 is 0 Å². The third-order valence-electron chi connectivity index (χ3n) is 5.86. The molecule has 2 aromatic rings. The van der Waals surface area contributed by atoms with Crippen molar-refractivity contribution in [3.05, 3.63) is 48.0 Å². The van der Waals surface area contributed by atoms with Gasteiger partial charge in [0, 0.05) is 32.1 Å². The van der Waals surface area contributed by atoms with Crippen molar-refractivity contribution in [3.63, 3.8) is 0 Å². The predicted molar refractivity (Wildman–Crippen MR) is 106 cm³/mol. The molecule has 1 aliphatic carbocycles. The van der Waals surface area contributed by atoms with Gasteiger partial charge in [-0.1, -0.05) is 42.5 Å². The Morgan fingerprint density at radius 1 is 1.15 bits per heavy atom. The highest BCUT2D eigenvalue weighted by Gasteiger charge is 2.46. The minimum atomic E-state index is -0.105. The topological polar surface area (TPSA) is 75.4 Å². The summed E-state index contributed by atoms with van der Waals surface area (Å²) in [6.45, 7) is 2.24. The van der Waals surface area contributed by atoms with E-state index in [9.17, 15) is 9.59 Å². The summed E-state index contributed by atoms with van der Waals surface area (Å²) in [5.41, 5.74) is 6.71. The van der Waals surface area contributed by atoms with Gasteiger partial charge in [-0.05, 0) is 41.5 Å². The fourth-order valence-corrected chi connectivity index (χ4v) is 4.24. The zero-order valence-electron chi connectivity index (χ0n) is 15.6. The first-order valence-corrected chi connectivity index (χ1v) is 9.92. The maximum Gasteiger partial charge on any atom is 0.226 e. The molecule has 2 amide bonds. The van der Waals surface area contributed by atoms with Crippen molar-refractivity contribution in [1.29, 1.82) is 0 Å². The molecule has 1 saturated carbocycles. The number of hydrogen-bond donors (Lipinski definition) is 2. The summed E-state index contributed by atoms with van der Waals surface area (Å²) >= 11 is 0. The average Bonchev–Trinajstić information content (AvgIpc) is 3.52. The Kier molecular flexibility index (Phi) is 5.12. The van der Waals surface area contributed by atoms with E-state index in [1.54, 1.807) is 0 Å². The Hall–Kier alpha value is -2.40. The number of benzene rings is 2. The number of nitrogens with zero attached hydrogens (tertiary/aromatic N) is 1. The molecule has 0 bridgehead atoms. The molecule has 4 rings (SSSR count). The minimum Gasteiger partial charge on any atom is -0.355 e. The number of likely N-dealkylation sites (tertiary alicyclic amines) is 1. The second-order valence-corrected chi connectivity index (χ2v) is 7.76. The van der Waals surface area contributed by atoms with Gasteiger partial charge in [0.2, 0.25) is 11.8 Å². The van der Waals surface area contributed by atoms with Crippen LogP contribution in [0.2, 0.25) is 0 Å². The predicted octanol–water partition coefficient (Wildman–Crippen LogP) is 2.26. The van der Waals surface area contributed by atoms with Crippen LogP contribution in [0.4, 0.5) is 0 Å². The standard InChI is InChI=1S/C22H27N3O2/c23-9-10-24-21(26)18-6-3-11-25(14-18)22(27)20-13-19(20)17-8-7-15-4-1-2-5-16(15)12-17/h1-2,4-5,7-8,12,18-20H,3,6,9-11,13-14,23H2,(H,24,26). The van der Waals surface area contributed by atoms with E-state index >= 15 is 0 Å². The van der Waals surface area contributed by atoms with Gasteiger partial charge in [-0.15, -0.1) is 0 Å². The van der Waals surface area contributed by atoms with Crippen LogP contribution in [0.1, 0.15) is 30.7 Å². The molecule has 0 spiro atoms. The monoisotopic (exact) mass is 365 g/mol. The maximum absolute atomic E-state index is 13.0. The third-order valence-corrected chi connectivity index (χ3v) is 5.86. The van der Waals surface area contributed by atoms with Gasteiger partial charge in [-0.25, -0.2) is 0 Å². The first-order valence-electron chi connectivity index (χ1n) is 9.92. The van der Waals surface area contributed by atoms with Crippen molar-refractivity contribution in [2.45, 2.75) is 25.2 Å². The first-order chi connectivity index (χ1) is 13.2. The van der Waals surface area contributed by atoms with E-state index in [0.29, 0.717) is 25.6 Å². The smallest absolute Gasteiger partial charge is 0.226 e. The number of rotatable bonds is 5. The average molecular weight is 365 g/mol. The lowest BCUT2D eigenvalue weighted by Crippen LogP contribution is -2.46. The van der Waals surface area contributed by atoms with Crippen LogP contribution in [0.5, 0.6) is 0 Å². The zero-order valence-corrected chi connectivity index (χ0v) is 15.6. The molecule has 1 aliphatic heterocycles. The SMILES string of the molecule is NCCNC(=O)C1CCCN(C(=O)C2CC2c2ccc3ccccc3c2)C1. The molecule has 27 heavy (non-hydrogen) atoms. The molecule has 0 radical (unpaired) electrons.